The van der Waals surface area contributed by atoms with Crippen molar-refractivity contribution in [3.8, 4) is 0 Å². The van der Waals surface area contributed by atoms with Crippen molar-refractivity contribution >= 4 is 23.4 Å². The van der Waals surface area contributed by atoms with Gasteiger partial charge in [-0.05, 0) is 24.6 Å². The predicted molar refractivity (Wildman–Crippen MR) is 88.3 cm³/mol. The van der Waals surface area contributed by atoms with Crippen LogP contribution in [0.15, 0.2) is 29.3 Å². The van der Waals surface area contributed by atoms with Gasteiger partial charge in [-0.3, -0.25) is 14.7 Å². The van der Waals surface area contributed by atoms with Crippen molar-refractivity contribution in [2.75, 3.05) is 12.4 Å². The van der Waals surface area contributed by atoms with E-state index in [-0.39, 0.29) is 24.8 Å². The van der Waals surface area contributed by atoms with Crippen molar-refractivity contribution in [2.45, 2.75) is 26.2 Å². The minimum absolute atomic E-state index is 0.202. The molecule has 1 aliphatic rings. The Kier molecular flexibility index (Phi) is 4.55. The van der Waals surface area contributed by atoms with Crippen molar-refractivity contribution in [1.82, 2.24) is 9.55 Å². The first-order valence-corrected chi connectivity index (χ1v) is 7.70. The second-order valence-corrected chi connectivity index (χ2v) is 5.89. The van der Waals surface area contributed by atoms with Gasteiger partial charge in [-0.1, -0.05) is 11.6 Å². The Bertz CT molecular complexity index is 850. The summed E-state index contributed by atoms with van der Waals surface area (Å²) < 4.78 is 11.5. The summed E-state index contributed by atoms with van der Waals surface area (Å²) in [4.78, 5) is 27.8. The van der Waals surface area contributed by atoms with Gasteiger partial charge in [0.15, 0.2) is 0 Å². The minimum Gasteiger partial charge on any atom is -0.441 e. The van der Waals surface area contributed by atoms with E-state index in [0.29, 0.717) is 22.0 Å². The Labute approximate surface area is 143 Å². The number of hydrogen-bond donors (Lipinski definition) is 1. The molecule has 0 saturated carbocycles. The van der Waals surface area contributed by atoms with Gasteiger partial charge in [0, 0.05) is 23.8 Å². The number of carbonyl (C=O) groups excluding carboxylic acids is 1. The quantitative estimate of drug-likeness (QED) is 0.917. The van der Waals surface area contributed by atoms with E-state index in [2.05, 4.69) is 10.3 Å². The standard InChI is InChI=1S/C16H16ClN3O4/c1-9-12-5-13(17)10(3-14(12)19-16(22)24-9)6-20-8-18-11(7-23-2)4-15(20)21/h3-5,8-9H,6-7H2,1-2H3,(H,19,22)/t9-/m0/s1. The number of nitrogens with zero attached hydrogens (tertiary/aromatic N) is 2. The number of carbonyl (C=O) groups is 1. The van der Waals surface area contributed by atoms with E-state index in [1.54, 1.807) is 26.2 Å². The molecule has 2 aromatic rings. The predicted octanol–water partition coefficient (Wildman–Crippen LogP) is 2.71. The van der Waals surface area contributed by atoms with Crippen LogP contribution in [0, 0.1) is 0 Å². The van der Waals surface area contributed by atoms with Crippen LogP contribution in [0.3, 0.4) is 0 Å². The topological polar surface area (TPSA) is 82.5 Å². The zero-order valence-corrected chi connectivity index (χ0v) is 14.0. The lowest BCUT2D eigenvalue weighted by atomic mass is 10.0. The molecule has 0 fully saturated rings. The molecule has 8 heteroatoms. The number of benzene rings is 1. The number of cyclic esters (lactones) is 1. The molecule has 0 radical (unpaired) electrons. The lowest BCUT2D eigenvalue weighted by molar-refractivity contribution is 0.116. The van der Waals surface area contributed by atoms with Crippen molar-refractivity contribution in [1.29, 1.82) is 0 Å². The summed E-state index contributed by atoms with van der Waals surface area (Å²) in [5.41, 5.74) is 2.49. The van der Waals surface area contributed by atoms with E-state index in [1.165, 1.54) is 17.0 Å². The third-order valence-electron chi connectivity index (χ3n) is 3.75. The van der Waals surface area contributed by atoms with E-state index in [9.17, 15) is 9.59 Å². The summed E-state index contributed by atoms with van der Waals surface area (Å²) in [5.74, 6) is 0. The van der Waals surface area contributed by atoms with E-state index in [1.807, 2.05) is 0 Å². The van der Waals surface area contributed by atoms with Crippen LogP contribution in [-0.2, 0) is 22.6 Å². The maximum absolute atomic E-state index is 12.2. The fourth-order valence-corrected chi connectivity index (χ4v) is 2.79. The Balaban J connectivity index is 1.92. The second-order valence-electron chi connectivity index (χ2n) is 5.48. The molecule has 1 amide bonds. The number of fused-ring (bicyclic) bond motifs is 1. The van der Waals surface area contributed by atoms with Gasteiger partial charge in [-0.15, -0.1) is 0 Å². The van der Waals surface area contributed by atoms with Crippen LogP contribution in [0.25, 0.3) is 0 Å². The van der Waals surface area contributed by atoms with Crippen LogP contribution >= 0.6 is 11.6 Å². The lowest BCUT2D eigenvalue weighted by Crippen LogP contribution is -2.24. The number of methoxy groups -OCH3 is 1. The molecule has 7 nitrogen and oxygen atoms in total. The summed E-state index contributed by atoms with van der Waals surface area (Å²) >= 11 is 6.32. The summed E-state index contributed by atoms with van der Waals surface area (Å²) in [5, 5.41) is 3.14. The molecule has 1 aliphatic heterocycles. The smallest absolute Gasteiger partial charge is 0.412 e. The number of amides is 1. The highest BCUT2D eigenvalue weighted by Gasteiger charge is 2.24. The highest BCUT2D eigenvalue weighted by atomic mass is 35.5. The molecule has 3 rings (SSSR count). The Morgan fingerprint density at radius 3 is 2.88 bits per heavy atom. The first-order valence-electron chi connectivity index (χ1n) is 7.32. The molecule has 24 heavy (non-hydrogen) atoms. The molecule has 0 bridgehead atoms. The van der Waals surface area contributed by atoms with Gasteiger partial charge < -0.3 is 9.47 Å². The maximum Gasteiger partial charge on any atom is 0.412 e. The van der Waals surface area contributed by atoms with Crippen LogP contribution in [0.1, 0.15) is 29.8 Å². The molecule has 0 saturated heterocycles. The van der Waals surface area contributed by atoms with Crippen LogP contribution in [0.4, 0.5) is 10.5 Å². The molecule has 0 unspecified atom stereocenters. The van der Waals surface area contributed by atoms with E-state index in [0.717, 1.165) is 5.56 Å². The average Bonchev–Trinajstić information content (AvgIpc) is 2.52. The van der Waals surface area contributed by atoms with Crippen molar-refractivity contribution in [2.24, 2.45) is 0 Å². The van der Waals surface area contributed by atoms with Crippen molar-refractivity contribution in [3.05, 3.63) is 56.7 Å². The van der Waals surface area contributed by atoms with Crippen molar-refractivity contribution in [3.63, 3.8) is 0 Å². The number of hydrogen-bond acceptors (Lipinski definition) is 5. The van der Waals surface area contributed by atoms with Gasteiger partial charge in [0.1, 0.15) is 6.10 Å². The number of ether oxygens (including phenoxy) is 2. The summed E-state index contributed by atoms with van der Waals surface area (Å²) in [6.07, 6.45) is 0.570. The lowest BCUT2D eigenvalue weighted by Gasteiger charge is -2.24. The number of nitrogens with one attached hydrogen (secondary N) is 1. The first kappa shape index (κ1) is 16.5. The van der Waals surface area contributed by atoms with Crippen LogP contribution in [0.5, 0.6) is 0 Å². The Morgan fingerprint density at radius 2 is 2.17 bits per heavy atom. The van der Waals surface area contributed by atoms with E-state index < -0.39 is 6.09 Å². The number of rotatable bonds is 4. The molecule has 0 spiro atoms. The summed E-state index contributed by atoms with van der Waals surface area (Å²) in [6.45, 7) is 2.30. The molecular weight excluding hydrogens is 334 g/mol. The fraction of sp³-hybridized carbons (Fsp3) is 0.312. The molecule has 0 aliphatic carbocycles. The van der Waals surface area contributed by atoms with Gasteiger partial charge in [-0.2, -0.15) is 0 Å². The molecule has 1 N–H and O–H groups in total. The van der Waals surface area contributed by atoms with Gasteiger partial charge in [0.2, 0.25) is 0 Å². The minimum atomic E-state index is -0.508. The highest BCUT2D eigenvalue weighted by Crippen LogP contribution is 2.34. The van der Waals surface area contributed by atoms with Crippen LogP contribution in [-0.4, -0.2) is 22.8 Å². The Morgan fingerprint density at radius 1 is 1.38 bits per heavy atom. The Hall–Kier alpha value is -2.38. The summed E-state index contributed by atoms with van der Waals surface area (Å²) in [6, 6.07) is 4.92. The SMILES string of the molecule is COCc1cc(=O)n(Cc2cc3c(cc2Cl)[C@H](C)OC(=O)N3)cn1. The van der Waals surface area contributed by atoms with E-state index >= 15 is 0 Å². The van der Waals surface area contributed by atoms with Crippen LogP contribution < -0.4 is 10.9 Å². The van der Waals surface area contributed by atoms with Gasteiger partial charge in [0.05, 0.1) is 30.9 Å². The molecule has 2 heterocycles. The highest BCUT2D eigenvalue weighted by molar-refractivity contribution is 6.31. The van der Waals surface area contributed by atoms with Gasteiger partial charge >= 0.3 is 6.09 Å². The largest absolute Gasteiger partial charge is 0.441 e. The number of aromatic nitrogens is 2. The third-order valence-corrected chi connectivity index (χ3v) is 4.10. The normalized spacial score (nSPS) is 16.3. The van der Waals surface area contributed by atoms with Crippen molar-refractivity contribution < 1.29 is 14.3 Å². The number of anilines is 1. The first-order chi connectivity index (χ1) is 11.5. The van der Waals surface area contributed by atoms with Gasteiger partial charge in [0.25, 0.3) is 5.56 Å². The second kappa shape index (κ2) is 6.62. The average molecular weight is 350 g/mol. The fourth-order valence-electron chi connectivity index (χ4n) is 2.56. The molecule has 1 aromatic heterocycles. The summed E-state index contributed by atoms with van der Waals surface area (Å²) in [7, 11) is 1.54. The van der Waals surface area contributed by atoms with Gasteiger partial charge in [-0.25, -0.2) is 9.78 Å². The third kappa shape index (κ3) is 3.27. The zero-order chi connectivity index (χ0) is 17.3. The zero-order valence-electron chi connectivity index (χ0n) is 13.2. The monoisotopic (exact) mass is 349 g/mol. The molecule has 126 valence electrons. The molecular formula is C16H16ClN3O4. The molecule has 1 aromatic carbocycles. The molecule has 1 atom stereocenters. The van der Waals surface area contributed by atoms with Crippen LogP contribution in [0.2, 0.25) is 5.02 Å². The number of halogens is 1. The van der Waals surface area contributed by atoms with E-state index in [4.69, 9.17) is 21.1 Å². The maximum atomic E-state index is 12.2.